The molecular weight excluding hydrogens is 410 g/mol. The van der Waals surface area contributed by atoms with E-state index in [0.29, 0.717) is 25.6 Å². The average Bonchev–Trinajstić information content (AvgIpc) is 3.26. The zero-order chi connectivity index (χ0) is 21.9. The van der Waals surface area contributed by atoms with Crippen LogP contribution < -0.4 is 15.4 Å². The Balaban J connectivity index is 1.49. The quantitative estimate of drug-likeness (QED) is 0.432. The third kappa shape index (κ3) is 8.12. The fraction of sp³-hybridized carbons (Fsp3) is 0.565. The topological polar surface area (TPSA) is 71.0 Å². The molecule has 0 bridgehead atoms. The van der Waals surface area contributed by atoms with E-state index in [1.165, 1.54) is 0 Å². The first kappa shape index (κ1) is 23.5. The Morgan fingerprint density at radius 3 is 2.87 bits per heavy atom. The van der Waals surface area contributed by atoms with Crippen LogP contribution >= 0.6 is 11.3 Å². The highest BCUT2D eigenvalue weighted by Crippen LogP contribution is 2.17. The summed E-state index contributed by atoms with van der Waals surface area (Å²) in [6.45, 7) is 13.7. The predicted molar refractivity (Wildman–Crippen MR) is 127 cm³/mol. The Labute approximate surface area is 189 Å². The summed E-state index contributed by atoms with van der Waals surface area (Å²) >= 11 is 1.69. The lowest BCUT2D eigenvalue weighted by Gasteiger charge is -2.26. The van der Waals surface area contributed by atoms with E-state index < -0.39 is 0 Å². The minimum atomic E-state index is 0.454. The summed E-state index contributed by atoms with van der Waals surface area (Å²) in [5.41, 5.74) is 2.27. The summed E-state index contributed by atoms with van der Waals surface area (Å²) in [4.78, 5) is 11.8. The molecule has 8 heteroatoms. The van der Waals surface area contributed by atoms with E-state index in [4.69, 9.17) is 14.5 Å². The standard InChI is InChI=1S/C23H35N5O2S/c1-4-24-23(26-16-22-27-21(17-31-22)18(2)3)25-15-19-6-5-7-20(14-19)30-13-10-28-8-11-29-12-9-28/h5-7,14,17-18H,4,8-13,15-16H2,1-3H3,(H2,24,25,26). The van der Waals surface area contributed by atoms with E-state index in [-0.39, 0.29) is 0 Å². The summed E-state index contributed by atoms with van der Waals surface area (Å²) in [6.07, 6.45) is 0. The minimum absolute atomic E-state index is 0.454. The molecule has 2 N–H and O–H groups in total. The fourth-order valence-electron chi connectivity index (χ4n) is 3.19. The molecule has 3 rings (SSSR count). The third-order valence-corrected chi connectivity index (χ3v) is 5.88. The van der Waals surface area contributed by atoms with Crippen molar-refractivity contribution >= 4 is 17.3 Å². The van der Waals surface area contributed by atoms with Crippen molar-refractivity contribution < 1.29 is 9.47 Å². The number of aliphatic imine (C=N–C) groups is 1. The first-order valence-electron chi connectivity index (χ1n) is 11.1. The Hall–Kier alpha value is -2.16. The van der Waals surface area contributed by atoms with Gasteiger partial charge in [0.1, 0.15) is 17.4 Å². The van der Waals surface area contributed by atoms with E-state index in [2.05, 4.69) is 58.8 Å². The van der Waals surface area contributed by atoms with Crippen LogP contribution in [0.3, 0.4) is 0 Å². The Morgan fingerprint density at radius 1 is 1.29 bits per heavy atom. The number of rotatable bonds is 10. The van der Waals surface area contributed by atoms with Crippen LogP contribution in [0.4, 0.5) is 0 Å². The average molecular weight is 446 g/mol. The highest BCUT2D eigenvalue weighted by atomic mass is 32.1. The number of ether oxygens (including phenoxy) is 2. The SMILES string of the molecule is CCNC(=NCc1cccc(OCCN2CCOCC2)c1)NCc1nc(C(C)C)cs1. The van der Waals surface area contributed by atoms with E-state index in [1.54, 1.807) is 11.3 Å². The van der Waals surface area contributed by atoms with Gasteiger partial charge in [-0.15, -0.1) is 11.3 Å². The molecule has 1 aliphatic heterocycles. The van der Waals surface area contributed by atoms with Gasteiger partial charge in [-0.1, -0.05) is 26.0 Å². The Bertz CT molecular complexity index is 818. The molecule has 1 fully saturated rings. The van der Waals surface area contributed by atoms with Gasteiger partial charge in [-0.25, -0.2) is 9.98 Å². The van der Waals surface area contributed by atoms with Gasteiger partial charge in [0.05, 0.1) is 32.0 Å². The first-order valence-corrected chi connectivity index (χ1v) is 12.0. The number of thiazole rings is 1. The van der Waals surface area contributed by atoms with Crippen LogP contribution in [0.5, 0.6) is 5.75 Å². The number of nitrogens with zero attached hydrogens (tertiary/aromatic N) is 3. The summed E-state index contributed by atoms with van der Waals surface area (Å²) in [5.74, 6) is 2.14. The zero-order valence-electron chi connectivity index (χ0n) is 18.9. The molecule has 1 aromatic carbocycles. The van der Waals surface area contributed by atoms with Crippen LogP contribution in [0.2, 0.25) is 0 Å². The zero-order valence-corrected chi connectivity index (χ0v) is 19.7. The smallest absolute Gasteiger partial charge is 0.191 e. The van der Waals surface area contributed by atoms with Crippen molar-refractivity contribution in [2.75, 3.05) is 46.0 Å². The molecule has 0 radical (unpaired) electrons. The van der Waals surface area contributed by atoms with Crippen molar-refractivity contribution in [1.29, 1.82) is 0 Å². The number of guanidine groups is 1. The van der Waals surface area contributed by atoms with E-state index in [9.17, 15) is 0 Å². The van der Waals surface area contributed by atoms with Gasteiger partial charge < -0.3 is 20.1 Å². The normalized spacial score (nSPS) is 15.3. The Morgan fingerprint density at radius 2 is 2.13 bits per heavy atom. The molecule has 31 heavy (non-hydrogen) atoms. The van der Waals surface area contributed by atoms with Gasteiger partial charge in [0, 0.05) is 31.6 Å². The lowest BCUT2D eigenvalue weighted by Crippen LogP contribution is -2.38. The van der Waals surface area contributed by atoms with Crippen molar-refractivity contribution in [2.45, 2.75) is 39.8 Å². The molecule has 0 saturated carbocycles. The first-order chi connectivity index (χ1) is 15.1. The molecule has 2 heterocycles. The maximum Gasteiger partial charge on any atom is 0.191 e. The maximum absolute atomic E-state index is 5.96. The lowest BCUT2D eigenvalue weighted by molar-refractivity contribution is 0.0322. The second-order valence-electron chi connectivity index (χ2n) is 7.82. The molecule has 2 aromatic rings. The van der Waals surface area contributed by atoms with Crippen molar-refractivity contribution in [2.24, 2.45) is 4.99 Å². The molecule has 1 aromatic heterocycles. The Kier molecular flexibility index (Phi) is 9.58. The molecule has 0 aliphatic carbocycles. The molecule has 0 spiro atoms. The lowest BCUT2D eigenvalue weighted by atomic mass is 10.2. The molecule has 170 valence electrons. The number of hydrogen-bond donors (Lipinski definition) is 2. The van der Waals surface area contributed by atoms with Crippen molar-refractivity contribution in [1.82, 2.24) is 20.5 Å². The summed E-state index contributed by atoms with van der Waals surface area (Å²) < 4.78 is 11.3. The molecule has 0 unspecified atom stereocenters. The molecule has 0 atom stereocenters. The maximum atomic E-state index is 5.96. The second-order valence-corrected chi connectivity index (χ2v) is 8.76. The van der Waals surface area contributed by atoms with Crippen molar-refractivity contribution in [3.63, 3.8) is 0 Å². The highest BCUT2D eigenvalue weighted by molar-refractivity contribution is 7.09. The molecule has 1 aliphatic rings. The van der Waals surface area contributed by atoms with Gasteiger partial charge in [0.25, 0.3) is 0 Å². The van der Waals surface area contributed by atoms with Gasteiger partial charge in [-0.05, 0) is 30.5 Å². The summed E-state index contributed by atoms with van der Waals surface area (Å²) in [6, 6.07) is 8.18. The van der Waals surface area contributed by atoms with Gasteiger partial charge in [-0.3, -0.25) is 4.90 Å². The number of morpholine rings is 1. The minimum Gasteiger partial charge on any atom is -0.492 e. The number of nitrogens with one attached hydrogen (secondary N) is 2. The number of hydrogen-bond acceptors (Lipinski definition) is 6. The number of benzene rings is 1. The van der Waals surface area contributed by atoms with E-state index >= 15 is 0 Å². The van der Waals surface area contributed by atoms with Gasteiger partial charge in [-0.2, -0.15) is 0 Å². The van der Waals surface area contributed by atoms with Gasteiger partial charge in [0.15, 0.2) is 5.96 Å². The van der Waals surface area contributed by atoms with E-state index in [0.717, 1.165) is 67.4 Å². The van der Waals surface area contributed by atoms with Crippen LogP contribution in [0, 0.1) is 0 Å². The van der Waals surface area contributed by atoms with Crippen LogP contribution in [0.25, 0.3) is 0 Å². The van der Waals surface area contributed by atoms with Gasteiger partial charge in [0.2, 0.25) is 0 Å². The van der Waals surface area contributed by atoms with E-state index in [1.807, 2.05) is 12.1 Å². The van der Waals surface area contributed by atoms with Crippen LogP contribution in [-0.4, -0.2) is 61.8 Å². The summed E-state index contributed by atoms with van der Waals surface area (Å²) in [5, 5.41) is 9.90. The largest absolute Gasteiger partial charge is 0.492 e. The highest BCUT2D eigenvalue weighted by Gasteiger charge is 2.10. The second kappa shape index (κ2) is 12.6. The third-order valence-electron chi connectivity index (χ3n) is 5.01. The van der Waals surface area contributed by atoms with Crippen LogP contribution in [0.1, 0.15) is 43.0 Å². The van der Waals surface area contributed by atoms with Crippen LogP contribution in [-0.2, 0) is 17.8 Å². The monoisotopic (exact) mass is 445 g/mol. The fourth-order valence-corrected chi connectivity index (χ4v) is 4.09. The predicted octanol–water partition coefficient (Wildman–Crippen LogP) is 3.23. The molecular formula is C23H35N5O2S. The number of aromatic nitrogens is 1. The van der Waals surface area contributed by atoms with Crippen molar-refractivity contribution in [3.05, 3.63) is 45.9 Å². The molecule has 0 amide bonds. The molecule has 7 nitrogen and oxygen atoms in total. The van der Waals surface area contributed by atoms with Crippen LogP contribution in [0.15, 0.2) is 34.6 Å². The summed E-state index contributed by atoms with van der Waals surface area (Å²) in [7, 11) is 0. The van der Waals surface area contributed by atoms with Gasteiger partial charge >= 0.3 is 0 Å². The molecule has 1 saturated heterocycles. The van der Waals surface area contributed by atoms with Crippen molar-refractivity contribution in [3.8, 4) is 5.75 Å².